The summed E-state index contributed by atoms with van der Waals surface area (Å²) in [4.78, 5) is 51.7. The lowest BCUT2D eigenvalue weighted by molar-refractivity contribution is -0.123. The van der Waals surface area contributed by atoms with E-state index in [-0.39, 0.29) is 41.0 Å². The molecule has 3 aliphatic rings. The van der Waals surface area contributed by atoms with Crippen molar-refractivity contribution in [1.29, 1.82) is 0 Å². The predicted octanol–water partition coefficient (Wildman–Crippen LogP) is 3.19. The summed E-state index contributed by atoms with van der Waals surface area (Å²) in [5, 5.41) is 2.66. The van der Waals surface area contributed by atoms with Crippen LogP contribution in [-0.2, 0) is 19.1 Å². The van der Waals surface area contributed by atoms with E-state index in [0.29, 0.717) is 23.7 Å². The first kappa shape index (κ1) is 21.9. The van der Waals surface area contributed by atoms with E-state index in [1.54, 1.807) is 36.4 Å². The molecule has 0 radical (unpaired) electrons. The largest absolute Gasteiger partial charge is 0.492 e. The Hall–Kier alpha value is -3.94. The predicted molar refractivity (Wildman–Crippen MR) is 123 cm³/mol. The summed E-state index contributed by atoms with van der Waals surface area (Å²) in [6.45, 7) is 1.82. The number of anilines is 2. The summed E-state index contributed by atoms with van der Waals surface area (Å²) in [6.07, 6.45) is 4.96. The van der Waals surface area contributed by atoms with Crippen LogP contribution in [0.25, 0.3) is 0 Å². The lowest BCUT2D eigenvalue weighted by atomic mass is 9.85. The first-order valence-corrected chi connectivity index (χ1v) is 11.3. The van der Waals surface area contributed by atoms with Gasteiger partial charge in [0.1, 0.15) is 5.75 Å². The van der Waals surface area contributed by atoms with Crippen molar-refractivity contribution < 1.29 is 28.7 Å². The van der Waals surface area contributed by atoms with Gasteiger partial charge in [0, 0.05) is 0 Å². The molecule has 1 N–H and O–H groups in total. The molecule has 2 fully saturated rings. The maximum atomic E-state index is 12.9. The average molecular weight is 460 g/mol. The van der Waals surface area contributed by atoms with E-state index in [1.807, 2.05) is 19.1 Å². The highest BCUT2D eigenvalue weighted by Crippen LogP contribution is 2.53. The van der Waals surface area contributed by atoms with Crippen molar-refractivity contribution in [3.05, 3.63) is 66.2 Å². The van der Waals surface area contributed by atoms with Gasteiger partial charge in [0.25, 0.3) is 5.91 Å². The number of ether oxygens (including phenoxy) is 2. The molecule has 34 heavy (non-hydrogen) atoms. The van der Waals surface area contributed by atoms with Gasteiger partial charge >= 0.3 is 5.97 Å². The van der Waals surface area contributed by atoms with Gasteiger partial charge in [-0.05, 0) is 61.6 Å². The fourth-order valence-corrected chi connectivity index (χ4v) is 5.16. The summed E-state index contributed by atoms with van der Waals surface area (Å²) in [6, 6.07) is 13.1. The number of hydrogen-bond donors (Lipinski definition) is 1. The Bertz CT molecular complexity index is 1160. The monoisotopic (exact) mass is 460 g/mol. The number of rotatable bonds is 7. The lowest BCUT2D eigenvalue weighted by Gasteiger charge is -2.17. The van der Waals surface area contributed by atoms with E-state index in [2.05, 4.69) is 5.32 Å². The highest BCUT2D eigenvalue weighted by molar-refractivity contribution is 6.22. The van der Waals surface area contributed by atoms with Gasteiger partial charge in [-0.1, -0.05) is 24.3 Å². The van der Waals surface area contributed by atoms with Crippen LogP contribution in [0.3, 0.4) is 0 Å². The van der Waals surface area contributed by atoms with Gasteiger partial charge in [-0.15, -0.1) is 0 Å². The highest BCUT2D eigenvalue weighted by Gasteiger charge is 2.59. The second-order valence-corrected chi connectivity index (χ2v) is 8.61. The number of carbonyl (C=O) groups is 4. The van der Waals surface area contributed by atoms with Crippen LogP contribution in [0.15, 0.2) is 60.7 Å². The van der Waals surface area contributed by atoms with E-state index < -0.39 is 18.5 Å². The van der Waals surface area contributed by atoms with Gasteiger partial charge in [0.2, 0.25) is 11.8 Å². The van der Waals surface area contributed by atoms with Gasteiger partial charge in [-0.2, -0.15) is 0 Å². The molecule has 1 saturated heterocycles. The number of allylic oxidation sites excluding steroid dienone is 2. The van der Waals surface area contributed by atoms with E-state index >= 15 is 0 Å². The fourth-order valence-electron chi connectivity index (χ4n) is 5.16. The van der Waals surface area contributed by atoms with Crippen molar-refractivity contribution in [1.82, 2.24) is 0 Å². The summed E-state index contributed by atoms with van der Waals surface area (Å²) in [7, 11) is 0. The molecule has 174 valence electrons. The number of nitrogens with one attached hydrogen (secondary N) is 1. The smallest absolute Gasteiger partial charge is 0.338 e. The zero-order chi connectivity index (χ0) is 23.8. The number of esters is 1. The van der Waals surface area contributed by atoms with E-state index in [9.17, 15) is 19.2 Å². The Labute approximate surface area is 196 Å². The second kappa shape index (κ2) is 8.78. The van der Waals surface area contributed by atoms with Crippen LogP contribution in [0.2, 0.25) is 0 Å². The Kier molecular flexibility index (Phi) is 5.65. The minimum absolute atomic E-state index is 0.136. The number of carbonyl (C=O) groups excluding carboxylic acids is 4. The zero-order valence-corrected chi connectivity index (χ0v) is 18.6. The standard InChI is InChI=1S/C26H24N2O6/c1-2-33-20-6-4-3-5-19(20)27-21(29)14-34-26(32)15-9-11-18(12-10-15)28-24(30)22-16-7-8-17(13-16)23(22)25(28)31/h3-12,16-17,22-23H,2,13-14H2,1H3,(H,27,29)/t16-,17-,22+,23+/m0/s1. The van der Waals surface area contributed by atoms with Gasteiger partial charge in [0.15, 0.2) is 6.61 Å². The van der Waals surface area contributed by atoms with Crippen LogP contribution in [0.4, 0.5) is 11.4 Å². The third kappa shape index (κ3) is 3.75. The topological polar surface area (TPSA) is 102 Å². The van der Waals surface area contributed by atoms with Crippen molar-refractivity contribution in [3.63, 3.8) is 0 Å². The third-order valence-electron chi connectivity index (χ3n) is 6.63. The SMILES string of the molecule is CCOc1ccccc1NC(=O)COC(=O)c1ccc(N2C(=O)[C@H]3[C@H](C2=O)[C@H]2C=C[C@H]3C2)cc1. The number of amides is 3. The van der Waals surface area contributed by atoms with Crippen molar-refractivity contribution in [3.8, 4) is 5.75 Å². The molecular formula is C26H24N2O6. The normalized spacial score (nSPS) is 24.3. The molecule has 4 atom stereocenters. The van der Waals surface area contributed by atoms with Crippen molar-refractivity contribution in [2.24, 2.45) is 23.7 Å². The number of fused-ring (bicyclic) bond motifs is 5. The minimum Gasteiger partial charge on any atom is -0.492 e. The van der Waals surface area contributed by atoms with E-state index in [0.717, 1.165) is 6.42 Å². The van der Waals surface area contributed by atoms with Crippen LogP contribution in [0.5, 0.6) is 5.75 Å². The van der Waals surface area contributed by atoms with Crippen molar-refractivity contribution in [2.75, 3.05) is 23.4 Å². The number of nitrogens with zero attached hydrogens (tertiary/aromatic N) is 1. The van der Waals surface area contributed by atoms with Crippen LogP contribution in [0.1, 0.15) is 23.7 Å². The van der Waals surface area contributed by atoms with Crippen molar-refractivity contribution in [2.45, 2.75) is 13.3 Å². The molecule has 0 unspecified atom stereocenters. The van der Waals surface area contributed by atoms with Crippen LogP contribution in [-0.4, -0.2) is 36.9 Å². The molecular weight excluding hydrogens is 436 g/mol. The Morgan fingerprint density at radius 2 is 1.62 bits per heavy atom. The van der Waals surface area contributed by atoms with E-state index in [4.69, 9.17) is 9.47 Å². The molecule has 0 spiro atoms. The number of hydrogen-bond acceptors (Lipinski definition) is 6. The fraction of sp³-hybridized carbons (Fsp3) is 0.308. The van der Waals surface area contributed by atoms with Gasteiger partial charge in [-0.3, -0.25) is 19.3 Å². The van der Waals surface area contributed by atoms with Crippen LogP contribution >= 0.6 is 0 Å². The molecule has 1 saturated carbocycles. The molecule has 1 aliphatic heterocycles. The molecule has 1 heterocycles. The summed E-state index contributed by atoms with van der Waals surface area (Å²) in [5.41, 5.74) is 1.14. The summed E-state index contributed by atoms with van der Waals surface area (Å²) < 4.78 is 10.6. The number of benzene rings is 2. The summed E-state index contributed by atoms with van der Waals surface area (Å²) >= 11 is 0. The second-order valence-electron chi connectivity index (χ2n) is 8.61. The summed E-state index contributed by atoms with van der Waals surface area (Å²) in [5.74, 6) is -1.29. The van der Waals surface area contributed by atoms with Gasteiger partial charge < -0.3 is 14.8 Å². The molecule has 3 amide bonds. The number of para-hydroxylation sites is 2. The lowest BCUT2D eigenvalue weighted by Crippen LogP contribution is -2.32. The Morgan fingerprint density at radius 1 is 0.971 bits per heavy atom. The molecule has 2 aromatic rings. The van der Waals surface area contributed by atoms with Crippen LogP contribution < -0.4 is 15.0 Å². The maximum absolute atomic E-state index is 12.9. The highest BCUT2D eigenvalue weighted by atomic mass is 16.5. The first-order chi connectivity index (χ1) is 16.5. The minimum atomic E-state index is -0.682. The Balaban J connectivity index is 1.19. The molecule has 2 aromatic carbocycles. The Morgan fingerprint density at radius 3 is 2.26 bits per heavy atom. The molecule has 0 aromatic heterocycles. The third-order valence-corrected chi connectivity index (χ3v) is 6.63. The van der Waals surface area contributed by atoms with Crippen LogP contribution in [0, 0.1) is 23.7 Å². The molecule has 5 rings (SSSR count). The average Bonchev–Trinajstić information content (AvgIpc) is 3.53. The molecule has 8 nitrogen and oxygen atoms in total. The zero-order valence-electron chi connectivity index (χ0n) is 18.6. The molecule has 8 heteroatoms. The van der Waals surface area contributed by atoms with E-state index in [1.165, 1.54) is 17.0 Å². The van der Waals surface area contributed by atoms with Gasteiger partial charge in [-0.25, -0.2) is 4.79 Å². The molecule has 2 aliphatic carbocycles. The maximum Gasteiger partial charge on any atom is 0.338 e. The molecule has 2 bridgehead atoms. The first-order valence-electron chi connectivity index (χ1n) is 11.3. The number of imide groups is 1. The van der Waals surface area contributed by atoms with Gasteiger partial charge in [0.05, 0.1) is 35.4 Å². The quantitative estimate of drug-likeness (QED) is 0.387. The van der Waals surface area contributed by atoms with Crippen molar-refractivity contribution >= 4 is 35.1 Å².